The summed E-state index contributed by atoms with van der Waals surface area (Å²) in [6.45, 7) is 9.54. The molecule has 73 heavy (non-hydrogen) atoms. The number of nitrogens with zero attached hydrogens (tertiary/aromatic N) is 4. The van der Waals surface area contributed by atoms with Gasteiger partial charge in [0.25, 0.3) is 11.8 Å². The number of carbonyl (C=O) groups excluding carboxylic acids is 5. The van der Waals surface area contributed by atoms with E-state index in [-0.39, 0.29) is 62.2 Å². The summed E-state index contributed by atoms with van der Waals surface area (Å²) in [5.41, 5.74) is 5.92. The average Bonchev–Trinajstić information content (AvgIpc) is 4.13. The van der Waals surface area contributed by atoms with Gasteiger partial charge in [-0.1, -0.05) is 38.1 Å². The minimum absolute atomic E-state index is 0.186. The van der Waals surface area contributed by atoms with Gasteiger partial charge in [0.2, 0.25) is 24.5 Å². The van der Waals surface area contributed by atoms with Crippen LogP contribution in [0.3, 0.4) is 0 Å². The smallest absolute Gasteiger partial charge is 0.260 e. The summed E-state index contributed by atoms with van der Waals surface area (Å²) in [5, 5.41) is 8.30. The number of nitrogens with one attached hydrogen (secondary N) is 3. The minimum atomic E-state index is -0.874. The van der Waals surface area contributed by atoms with Crippen LogP contribution in [-0.2, 0) is 14.4 Å². The van der Waals surface area contributed by atoms with Gasteiger partial charge >= 0.3 is 0 Å². The molecule has 3 N–H and O–H groups in total. The van der Waals surface area contributed by atoms with Crippen LogP contribution >= 0.6 is 0 Å². The van der Waals surface area contributed by atoms with Gasteiger partial charge in [0.15, 0.2) is 34.5 Å². The Morgan fingerprint density at radius 3 is 1.85 bits per heavy atom. The van der Waals surface area contributed by atoms with E-state index in [9.17, 15) is 24.0 Å². The molecule has 4 aromatic rings. The third-order valence-corrected chi connectivity index (χ3v) is 13.1. The number of hydrogen-bond acceptors (Lipinski definition) is 13. The standard InChI is InChI=1S/C55H57N7O11/c1-7-8-10-50(63)60-51(31(2)3)53(65)58-32(4)52(64)59-37-14-11-33(12-15-37)35-19-38-26-56-42-24-48(45(68-5)22-40(42)54(66)61(38)28-35)70-17-9-18-71-49-25-43-41(23-46(49)69-6)55(67)62-29-36(20-39(62)27-57-43)34-13-16-44-47(21-34)73-30-72-44/h7,11-16,21-29,31-32,38-39,51H,1,8-10,17-20,30H2,2-6H3,(H,58,65)(H,59,64)(H,60,63)/t32-,38-,39-,51-/m0/s1. The Balaban J connectivity index is 0.778. The van der Waals surface area contributed by atoms with Crippen molar-refractivity contribution >= 4 is 70.2 Å². The van der Waals surface area contributed by atoms with E-state index in [1.807, 2.05) is 56.6 Å². The molecule has 18 heteroatoms. The summed E-state index contributed by atoms with van der Waals surface area (Å²) in [5.74, 6) is 1.24. The molecule has 5 heterocycles. The van der Waals surface area contributed by atoms with Gasteiger partial charge in [-0.25, -0.2) is 0 Å². The zero-order valence-corrected chi connectivity index (χ0v) is 41.3. The normalized spacial score (nSPS) is 17.7. The zero-order chi connectivity index (χ0) is 51.3. The first-order chi connectivity index (χ1) is 35.3. The molecule has 378 valence electrons. The fraction of sp³-hybridized carbons (Fsp3) is 0.327. The van der Waals surface area contributed by atoms with Gasteiger partial charge < -0.3 is 54.2 Å². The first-order valence-corrected chi connectivity index (χ1v) is 24.2. The predicted octanol–water partition coefficient (Wildman–Crippen LogP) is 7.77. The number of ether oxygens (including phenoxy) is 6. The number of rotatable bonds is 19. The summed E-state index contributed by atoms with van der Waals surface area (Å²) in [4.78, 5) is 79.2. The second kappa shape index (κ2) is 21.5. The SMILES string of the molecule is C=CCCC(=O)N[C@H](C(=O)N[C@@H](C)C(=O)Nc1ccc(C2=CN3C(=O)c4cc(OC)c(OCCCOc5cc6c(cc5OC)C(=O)N5C=C(c7ccc8c(c7)OCO8)C[C@H]5C=N6)cc4N=C[C@@H]3C2)cc1)C(C)C. The van der Waals surface area contributed by atoms with E-state index < -0.39 is 23.9 Å². The maximum Gasteiger partial charge on any atom is 0.260 e. The monoisotopic (exact) mass is 991 g/mol. The topological polar surface area (TPSA) is 208 Å². The zero-order valence-electron chi connectivity index (χ0n) is 41.3. The molecule has 0 saturated carbocycles. The van der Waals surface area contributed by atoms with Gasteiger partial charge in [0.1, 0.15) is 12.1 Å². The van der Waals surface area contributed by atoms with Crippen LogP contribution in [-0.4, -0.2) is 110 Å². The van der Waals surface area contributed by atoms with Crippen LogP contribution in [0.25, 0.3) is 11.1 Å². The number of anilines is 1. The maximum atomic E-state index is 14.1. The molecule has 0 fully saturated rings. The van der Waals surface area contributed by atoms with E-state index in [0.717, 1.165) is 22.3 Å². The molecule has 5 amide bonds. The molecule has 0 spiro atoms. The maximum absolute atomic E-state index is 14.1. The Kier molecular flexibility index (Phi) is 14.6. The molecule has 0 aromatic heterocycles. The fourth-order valence-electron chi connectivity index (χ4n) is 9.06. The second-order valence-corrected chi connectivity index (χ2v) is 18.4. The Morgan fingerprint density at radius 2 is 1.29 bits per heavy atom. The molecule has 9 rings (SSSR count). The van der Waals surface area contributed by atoms with Crippen LogP contribution < -0.4 is 44.4 Å². The number of methoxy groups -OCH3 is 2. The average molecular weight is 992 g/mol. The number of allylic oxidation sites excluding steroid dienone is 1. The first kappa shape index (κ1) is 49.6. The summed E-state index contributed by atoms with van der Waals surface area (Å²) in [7, 11) is 3.03. The first-order valence-electron chi connectivity index (χ1n) is 24.2. The van der Waals surface area contributed by atoms with Crippen LogP contribution in [0.15, 0.2) is 102 Å². The van der Waals surface area contributed by atoms with Crippen molar-refractivity contribution in [3.05, 3.63) is 114 Å². The lowest BCUT2D eigenvalue weighted by Crippen LogP contribution is -2.53. The largest absolute Gasteiger partial charge is 0.493 e. The highest BCUT2D eigenvalue weighted by atomic mass is 16.7. The molecule has 0 saturated heterocycles. The van der Waals surface area contributed by atoms with Crippen molar-refractivity contribution in [2.75, 3.05) is 39.5 Å². The van der Waals surface area contributed by atoms with Crippen molar-refractivity contribution in [2.45, 2.75) is 77.0 Å². The lowest BCUT2D eigenvalue weighted by molar-refractivity contribution is -0.131. The molecule has 0 unspecified atom stereocenters. The van der Waals surface area contributed by atoms with Gasteiger partial charge in [0.05, 0.1) is 62.0 Å². The summed E-state index contributed by atoms with van der Waals surface area (Å²) in [6, 6.07) is 17.5. The molecule has 4 atom stereocenters. The number of hydrogen-bond donors (Lipinski definition) is 3. The molecule has 0 radical (unpaired) electrons. The predicted molar refractivity (Wildman–Crippen MR) is 274 cm³/mol. The van der Waals surface area contributed by atoms with Gasteiger partial charge in [-0.05, 0) is 77.9 Å². The number of carbonyl (C=O) groups is 5. The van der Waals surface area contributed by atoms with Crippen LogP contribution in [0.1, 0.15) is 84.7 Å². The molecular formula is C55H57N7O11. The minimum Gasteiger partial charge on any atom is -0.493 e. The molecule has 0 aliphatic carbocycles. The lowest BCUT2D eigenvalue weighted by Gasteiger charge is -2.23. The molecule has 5 aliphatic heterocycles. The summed E-state index contributed by atoms with van der Waals surface area (Å²) < 4.78 is 34.7. The van der Waals surface area contributed by atoms with E-state index in [1.165, 1.54) is 14.2 Å². The number of amides is 5. The highest BCUT2D eigenvalue weighted by molar-refractivity contribution is 6.07. The highest BCUT2D eigenvalue weighted by Crippen LogP contribution is 2.43. The van der Waals surface area contributed by atoms with E-state index in [1.54, 1.807) is 71.6 Å². The quantitative estimate of drug-likeness (QED) is 0.0611. The van der Waals surface area contributed by atoms with Crippen molar-refractivity contribution in [3.8, 4) is 34.5 Å². The number of aliphatic imine (C=N–C) groups is 2. The van der Waals surface area contributed by atoms with Crippen molar-refractivity contribution in [1.82, 2.24) is 20.4 Å². The van der Waals surface area contributed by atoms with Gasteiger partial charge in [-0.2, -0.15) is 0 Å². The Morgan fingerprint density at radius 1 is 0.726 bits per heavy atom. The molecular weight excluding hydrogens is 935 g/mol. The van der Waals surface area contributed by atoms with Crippen molar-refractivity contribution < 1.29 is 52.4 Å². The van der Waals surface area contributed by atoms with Crippen LogP contribution in [0.2, 0.25) is 0 Å². The van der Waals surface area contributed by atoms with Crippen molar-refractivity contribution in [1.29, 1.82) is 0 Å². The molecule has 4 aromatic carbocycles. The van der Waals surface area contributed by atoms with Crippen molar-refractivity contribution in [3.63, 3.8) is 0 Å². The number of fused-ring (bicyclic) bond motifs is 5. The van der Waals surface area contributed by atoms with Crippen LogP contribution in [0.5, 0.6) is 34.5 Å². The third-order valence-electron chi connectivity index (χ3n) is 13.1. The fourth-order valence-corrected chi connectivity index (χ4v) is 9.06. The second-order valence-electron chi connectivity index (χ2n) is 18.4. The Bertz CT molecular complexity index is 2980. The van der Waals surface area contributed by atoms with E-state index >= 15 is 0 Å². The van der Waals surface area contributed by atoms with E-state index in [4.69, 9.17) is 38.4 Å². The third kappa shape index (κ3) is 10.6. The van der Waals surface area contributed by atoms with Gasteiger partial charge in [-0.3, -0.25) is 34.0 Å². The van der Waals surface area contributed by atoms with Crippen LogP contribution in [0.4, 0.5) is 17.1 Å². The molecule has 5 aliphatic rings. The van der Waals surface area contributed by atoms with E-state index in [2.05, 4.69) is 22.5 Å². The number of benzene rings is 4. The van der Waals surface area contributed by atoms with E-state index in [0.29, 0.717) is 88.4 Å². The highest BCUT2D eigenvalue weighted by Gasteiger charge is 2.36. The Hall–Kier alpha value is -8.41. The van der Waals surface area contributed by atoms with Crippen molar-refractivity contribution in [2.24, 2.45) is 15.9 Å². The van der Waals surface area contributed by atoms with Crippen LogP contribution in [0, 0.1) is 5.92 Å². The molecule has 18 nitrogen and oxygen atoms in total. The van der Waals surface area contributed by atoms with Gasteiger partial charge in [-0.15, -0.1) is 6.58 Å². The molecule has 0 bridgehead atoms. The lowest BCUT2D eigenvalue weighted by atomic mass is 10.0. The summed E-state index contributed by atoms with van der Waals surface area (Å²) >= 11 is 0. The summed E-state index contributed by atoms with van der Waals surface area (Å²) in [6.07, 6.45) is 11.2. The van der Waals surface area contributed by atoms with Gasteiger partial charge in [0, 0.05) is 68.3 Å². The Labute approximate surface area is 422 Å².